The quantitative estimate of drug-likeness (QED) is 0.846. The zero-order valence-corrected chi connectivity index (χ0v) is 9.63. The topological polar surface area (TPSA) is 63.8 Å². The van der Waals surface area contributed by atoms with Crippen molar-refractivity contribution in [3.63, 3.8) is 0 Å². The minimum Gasteiger partial charge on any atom is -0.339 e. The standard InChI is InChI=1S/C12H14N4O/c1-8-6-13-7-9(8)12-15-11(16-17-12)10-4-2-3-5-14-10/h2-5,8-9,13H,6-7H2,1H3/t8-,9-/m1/s1. The highest BCUT2D eigenvalue weighted by molar-refractivity contribution is 5.47. The Kier molecular flexibility index (Phi) is 2.60. The summed E-state index contributed by atoms with van der Waals surface area (Å²) in [7, 11) is 0. The maximum Gasteiger partial charge on any atom is 0.231 e. The van der Waals surface area contributed by atoms with E-state index in [4.69, 9.17) is 4.52 Å². The minimum atomic E-state index is 0.319. The van der Waals surface area contributed by atoms with E-state index in [0.717, 1.165) is 18.8 Å². The first-order chi connectivity index (χ1) is 8.34. The Morgan fingerprint density at radius 2 is 2.29 bits per heavy atom. The lowest BCUT2D eigenvalue weighted by Gasteiger charge is -2.07. The third-order valence-corrected chi connectivity index (χ3v) is 3.17. The van der Waals surface area contributed by atoms with Gasteiger partial charge < -0.3 is 9.84 Å². The molecule has 1 aliphatic rings. The summed E-state index contributed by atoms with van der Waals surface area (Å²) in [6.45, 7) is 4.10. The SMILES string of the molecule is C[C@@H]1CNC[C@H]1c1nc(-c2ccccn2)no1. The van der Waals surface area contributed by atoms with Gasteiger partial charge in [-0.25, -0.2) is 0 Å². The molecule has 3 heterocycles. The molecule has 1 fully saturated rings. The van der Waals surface area contributed by atoms with Crippen LogP contribution >= 0.6 is 0 Å². The van der Waals surface area contributed by atoms with Gasteiger partial charge in [0.15, 0.2) is 0 Å². The van der Waals surface area contributed by atoms with E-state index in [-0.39, 0.29) is 0 Å². The molecule has 0 unspecified atom stereocenters. The van der Waals surface area contributed by atoms with Crippen molar-refractivity contribution in [2.24, 2.45) is 5.92 Å². The zero-order chi connectivity index (χ0) is 11.7. The number of hydrogen-bond acceptors (Lipinski definition) is 5. The van der Waals surface area contributed by atoms with Crippen LogP contribution in [0.5, 0.6) is 0 Å². The Bertz CT molecular complexity index is 496. The highest BCUT2D eigenvalue weighted by Gasteiger charge is 2.29. The fraction of sp³-hybridized carbons (Fsp3) is 0.417. The Balaban J connectivity index is 1.88. The third kappa shape index (κ3) is 1.93. The summed E-state index contributed by atoms with van der Waals surface area (Å²) < 4.78 is 5.33. The molecule has 1 saturated heterocycles. The van der Waals surface area contributed by atoms with E-state index in [1.54, 1.807) is 6.20 Å². The van der Waals surface area contributed by atoms with Gasteiger partial charge in [-0.15, -0.1) is 0 Å². The third-order valence-electron chi connectivity index (χ3n) is 3.17. The summed E-state index contributed by atoms with van der Waals surface area (Å²) in [5.41, 5.74) is 0.751. The number of nitrogens with zero attached hydrogens (tertiary/aromatic N) is 3. The van der Waals surface area contributed by atoms with Crippen LogP contribution in [0.1, 0.15) is 18.7 Å². The van der Waals surface area contributed by atoms with Crippen molar-refractivity contribution in [1.82, 2.24) is 20.4 Å². The Labute approximate surface area is 99.3 Å². The Morgan fingerprint density at radius 1 is 1.35 bits per heavy atom. The maximum absolute atomic E-state index is 5.33. The molecule has 0 amide bonds. The molecule has 5 nitrogen and oxygen atoms in total. The predicted octanol–water partition coefficient (Wildman–Crippen LogP) is 1.45. The second-order valence-electron chi connectivity index (χ2n) is 4.41. The summed E-state index contributed by atoms with van der Waals surface area (Å²) in [4.78, 5) is 8.64. The molecule has 2 atom stereocenters. The zero-order valence-electron chi connectivity index (χ0n) is 9.63. The van der Waals surface area contributed by atoms with Crippen LogP contribution in [0, 0.1) is 5.92 Å². The molecule has 0 spiro atoms. The van der Waals surface area contributed by atoms with E-state index in [9.17, 15) is 0 Å². The van der Waals surface area contributed by atoms with Gasteiger partial charge in [-0.1, -0.05) is 18.1 Å². The largest absolute Gasteiger partial charge is 0.339 e. The fourth-order valence-corrected chi connectivity index (χ4v) is 2.13. The van der Waals surface area contributed by atoms with Crippen LogP contribution in [0.3, 0.4) is 0 Å². The van der Waals surface area contributed by atoms with Crippen molar-refractivity contribution < 1.29 is 4.52 Å². The van der Waals surface area contributed by atoms with Crippen LogP contribution in [0.4, 0.5) is 0 Å². The van der Waals surface area contributed by atoms with Gasteiger partial charge in [0, 0.05) is 12.7 Å². The Morgan fingerprint density at radius 3 is 3.00 bits per heavy atom. The van der Waals surface area contributed by atoms with Gasteiger partial charge in [0.05, 0.1) is 5.92 Å². The smallest absolute Gasteiger partial charge is 0.231 e. The molecule has 0 radical (unpaired) electrons. The molecule has 1 aliphatic heterocycles. The van der Waals surface area contributed by atoms with Crippen molar-refractivity contribution in [3.05, 3.63) is 30.3 Å². The highest BCUT2D eigenvalue weighted by atomic mass is 16.5. The van der Waals surface area contributed by atoms with E-state index in [2.05, 4.69) is 27.4 Å². The van der Waals surface area contributed by atoms with Crippen molar-refractivity contribution in [1.29, 1.82) is 0 Å². The lowest BCUT2D eigenvalue weighted by atomic mass is 9.98. The Hall–Kier alpha value is -1.75. The van der Waals surface area contributed by atoms with Crippen LogP contribution < -0.4 is 5.32 Å². The second kappa shape index (κ2) is 4.25. The van der Waals surface area contributed by atoms with Gasteiger partial charge in [-0.2, -0.15) is 4.98 Å². The molecule has 2 aromatic heterocycles. The molecular formula is C12H14N4O. The molecule has 2 aromatic rings. The number of rotatable bonds is 2. The molecule has 0 aromatic carbocycles. The molecule has 5 heteroatoms. The summed E-state index contributed by atoms with van der Waals surface area (Å²) >= 11 is 0. The lowest BCUT2D eigenvalue weighted by molar-refractivity contribution is 0.340. The van der Waals surface area contributed by atoms with Gasteiger partial charge in [-0.3, -0.25) is 4.98 Å². The number of aromatic nitrogens is 3. The fourth-order valence-electron chi connectivity index (χ4n) is 2.13. The molecule has 1 N–H and O–H groups in total. The lowest BCUT2D eigenvalue weighted by Crippen LogP contribution is -2.08. The number of pyridine rings is 1. The molecule has 88 valence electrons. The average Bonchev–Trinajstić information content (AvgIpc) is 2.98. The van der Waals surface area contributed by atoms with E-state index < -0.39 is 0 Å². The molecule has 0 bridgehead atoms. The summed E-state index contributed by atoms with van der Waals surface area (Å²) in [6.07, 6.45) is 1.73. The van der Waals surface area contributed by atoms with Crippen LogP contribution in [0.15, 0.2) is 28.9 Å². The number of nitrogens with one attached hydrogen (secondary N) is 1. The van der Waals surface area contributed by atoms with E-state index in [1.165, 1.54) is 0 Å². The van der Waals surface area contributed by atoms with Crippen molar-refractivity contribution in [2.45, 2.75) is 12.8 Å². The van der Waals surface area contributed by atoms with Crippen LogP contribution in [-0.4, -0.2) is 28.2 Å². The van der Waals surface area contributed by atoms with Gasteiger partial charge in [0.25, 0.3) is 0 Å². The predicted molar refractivity (Wildman–Crippen MR) is 62.3 cm³/mol. The van der Waals surface area contributed by atoms with Gasteiger partial charge in [0.1, 0.15) is 5.69 Å². The van der Waals surface area contributed by atoms with Crippen LogP contribution in [0.2, 0.25) is 0 Å². The van der Waals surface area contributed by atoms with Crippen LogP contribution in [0.25, 0.3) is 11.5 Å². The summed E-state index contributed by atoms with van der Waals surface area (Å²) in [5, 5.41) is 7.32. The summed E-state index contributed by atoms with van der Waals surface area (Å²) in [5.74, 6) is 2.13. The molecule has 0 aliphatic carbocycles. The minimum absolute atomic E-state index is 0.319. The molecular weight excluding hydrogens is 216 g/mol. The van der Waals surface area contributed by atoms with E-state index in [0.29, 0.717) is 23.6 Å². The second-order valence-corrected chi connectivity index (χ2v) is 4.41. The molecule has 3 rings (SSSR count). The first-order valence-corrected chi connectivity index (χ1v) is 5.80. The average molecular weight is 230 g/mol. The number of hydrogen-bond donors (Lipinski definition) is 1. The maximum atomic E-state index is 5.33. The van der Waals surface area contributed by atoms with Gasteiger partial charge in [-0.05, 0) is 24.6 Å². The van der Waals surface area contributed by atoms with E-state index in [1.807, 2.05) is 18.2 Å². The molecule has 17 heavy (non-hydrogen) atoms. The normalized spacial score (nSPS) is 24.1. The highest BCUT2D eigenvalue weighted by Crippen LogP contribution is 2.27. The monoisotopic (exact) mass is 230 g/mol. The van der Waals surface area contributed by atoms with E-state index >= 15 is 0 Å². The summed E-state index contributed by atoms with van der Waals surface area (Å²) in [6, 6.07) is 5.66. The van der Waals surface area contributed by atoms with Gasteiger partial charge in [0.2, 0.25) is 11.7 Å². The van der Waals surface area contributed by atoms with Crippen LogP contribution in [-0.2, 0) is 0 Å². The molecule has 0 saturated carbocycles. The van der Waals surface area contributed by atoms with Crippen molar-refractivity contribution in [2.75, 3.05) is 13.1 Å². The first-order valence-electron chi connectivity index (χ1n) is 5.80. The van der Waals surface area contributed by atoms with Crippen molar-refractivity contribution in [3.8, 4) is 11.5 Å². The van der Waals surface area contributed by atoms with Crippen molar-refractivity contribution >= 4 is 0 Å². The van der Waals surface area contributed by atoms with Gasteiger partial charge >= 0.3 is 0 Å². The first kappa shape index (κ1) is 10.4.